The summed E-state index contributed by atoms with van der Waals surface area (Å²) in [6.45, 7) is 3.50. The van der Waals surface area contributed by atoms with Crippen LogP contribution in [-0.4, -0.2) is 37.0 Å². The Balaban J connectivity index is 1.89. The maximum Gasteiger partial charge on any atom is 0.513 e. The number of aromatic nitrogens is 1. The van der Waals surface area contributed by atoms with Crippen molar-refractivity contribution in [3.63, 3.8) is 0 Å². The van der Waals surface area contributed by atoms with Crippen LogP contribution >= 0.6 is 0 Å². The van der Waals surface area contributed by atoms with Gasteiger partial charge in [0, 0.05) is 5.39 Å². The Labute approximate surface area is 227 Å². The van der Waals surface area contributed by atoms with Gasteiger partial charge < -0.3 is 28.3 Å². The highest BCUT2D eigenvalue weighted by Gasteiger charge is 2.30. The summed E-state index contributed by atoms with van der Waals surface area (Å²) in [5, 5.41) is 0.377. The van der Waals surface area contributed by atoms with E-state index in [2.05, 4.69) is 0 Å². The first-order valence-electron chi connectivity index (χ1n) is 12.3. The number of carbonyl (C=O) groups excluding carboxylic acids is 2. The molecule has 0 saturated carbocycles. The summed E-state index contributed by atoms with van der Waals surface area (Å²) in [5.74, 6) is 0.371. The van der Waals surface area contributed by atoms with Crippen LogP contribution in [0.4, 0.5) is 18.0 Å². The quantitative estimate of drug-likeness (QED) is 0.203. The number of methoxy groups -OCH3 is 1. The summed E-state index contributed by atoms with van der Waals surface area (Å²) in [5.41, 5.74) is 0.572. The Morgan fingerprint density at radius 1 is 0.875 bits per heavy atom. The maximum atomic E-state index is 13.0. The molecule has 0 aliphatic rings. The van der Waals surface area contributed by atoms with Crippen LogP contribution in [0.15, 0.2) is 66.7 Å². The summed E-state index contributed by atoms with van der Waals surface area (Å²) in [7, 11) is 1.50. The van der Waals surface area contributed by atoms with Gasteiger partial charge in [-0.1, -0.05) is 12.1 Å². The number of alkyl halides is 3. The molecule has 0 unspecified atom stereocenters. The van der Waals surface area contributed by atoms with Crippen LogP contribution in [0.1, 0.15) is 25.1 Å². The Kier molecular flexibility index (Phi) is 8.52. The smallest absolute Gasteiger partial charge is 0.495 e. The number of hydrogen-bond acceptors (Lipinski definition) is 7. The predicted molar refractivity (Wildman–Crippen MR) is 139 cm³/mol. The zero-order valence-electron chi connectivity index (χ0n) is 21.9. The number of rotatable bonds is 9. The molecule has 0 fully saturated rings. The largest absolute Gasteiger partial charge is 0.513 e. The van der Waals surface area contributed by atoms with Crippen molar-refractivity contribution < 1.29 is 46.4 Å². The lowest BCUT2D eigenvalue weighted by atomic mass is 10.2. The van der Waals surface area contributed by atoms with Crippen molar-refractivity contribution in [2.75, 3.05) is 20.3 Å². The molecule has 0 aliphatic carbocycles. The van der Waals surface area contributed by atoms with Crippen molar-refractivity contribution in [3.05, 3.63) is 78.0 Å². The molecule has 0 spiro atoms. The normalized spacial score (nSPS) is 11.2. The number of para-hydroxylation sites is 2. The maximum absolute atomic E-state index is 13.0. The van der Waals surface area contributed by atoms with Crippen LogP contribution in [0.25, 0.3) is 16.6 Å². The lowest BCUT2D eigenvalue weighted by Crippen LogP contribution is -2.15. The fraction of sp³-hybridized carbons (Fsp3) is 0.241. The van der Waals surface area contributed by atoms with Crippen molar-refractivity contribution in [2.24, 2.45) is 0 Å². The van der Waals surface area contributed by atoms with Gasteiger partial charge in [0.1, 0.15) is 17.2 Å². The van der Waals surface area contributed by atoms with E-state index in [1.165, 1.54) is 19.2 Å². The minimum Gasteiger partial charge on any atom is -0.495 e. The first-order chi connectivity index (χ1) is 19.2. The van der Waals surface area contributed by atoms with Gasteiger partial charge in [-0.2, -0.15) is 13.2 Å². The van der Waals surface area contributed by atoms with Crippen molar-refractivity contribution in [3.8, 4) is 28.7 Å². The van der Waals surface area contributed by atoms with Crippen LogP contribution < -0.4 is 14.2 Å². The molecular weight excluding hydrogens is 531 g/mol. The average molecular weight is 558 g/mol. The van der Waals surface area contributed by atoms with Gasteiger partial charge in [-0.3, -0.25) is 4.79 Å². The van der Waals surface area contributed by atoms with Crippen LogP contribution in [0.3, 0.4) is 0 Å². The van der Waals surface area contributed by atoms with E-state index in [1.807, 2.05) is 0 Å². The zero-order chi connectivity index (χ0) is 28.9. The fourth-order valence-electron chi connectivity index (χ4n) is 4.15. The molecule has 0 N–H and O–H groups in total. The number of benzene rings is 3. The minimum absolute atomic E-state index is 0.0327. The Bertz CT molecular complexity index is 1510. The van der Waals surface area contributed by atoms with Crippen LogP contribution in [0, 0.1) is 0 Å². The van der Waals surface area contributed by atoms with E-state index in [0.717, 1.165) is 12.1 Å². The predicted octanol–water partition coefficient (Wildman–Crippen LogP) is 7.09. The lowest BCUT2D eigenvalue weighted by Gasteiger charge is -2.15. The third-order valence-electron chi connectivity index (χ3n) is 5.79. The molecule has 0 bridgehead atoms. The topological polar surface area (TPSA) is 85.2 Å². The highest BCUT2D eigenvalue weighted by atomic mass is 19.4. The standard InChI is InChI=1S/C29H26F3NO7/c1-4-37-26(34)17-24-27(40-28(35)38-5-2)21-16-20(39-19-12-10-18(11-13-19)29(30,31)32)14-15-22(21)33(24)23-8-6-7-9-25(23)36-3/h6-16H,4-5,17H2,1-3H3. The molecule has 4 aromatic rings. The summed E-state index contributed by atoms with van der Waals surface area (Å²) in [4.78, 5) is 25.1. The second kappa shape index (κ2) is 12.0. The molecular formula is C29H26F3NO7. The Morgan fingerprint density at radius 3 is 2.20 bits per heavy atom. The van der Waals surface area contributed by atoms with Gasteiger partial charge in [-0.25, -0.2) is 4.79 Å². The second-order valence-electron chi connectivity index (χ2n) is 8.35. The molecule has 0 aliphatic heterocycles. The van der Waals surface area contributed by atoms with Gasteiger partial charge in [0.05, 0.1) is 49.2 Å². The van der Waals surface area contributed by atoms with Gasteiger partial charge >= 0.3 is 18.3 Å². The number of ether oxygens (including phenoxy) is 5. The highest BCUT2D eigenvalue weighted by Crippen LogP contribution is 2.41. The molecule has 1 aromatic heterocycles. The van der Waals surface area contributed by atoms with Gasteiger partial charge in [0.25, 0.3) is 0 Å². The van der Waals surface area contributed by atoms with E-state index in [4.69, 9.17) is 23.7 Å². The molecule has 40 heavy (non-hydrogen) atoms. The number of fused-ring (bicyclic) bond motifs is 1. The minimum atomic E-state index is -4.48. The van der Waals surface area contributed by atoms with Crippen molar-refractivity contribution >= 4 is 23.0 Å². The van der Waals surface area contributed by atoms with E-state index >= 15 is 0 Å². The van der Waals surface area contributed by atoms with E-state index in [9.17, 15) is 22.8 Å². The monoisotopic (exact) mass is 557 g/mol. The molecule has 4 rings (SSSR count). The number of hydrogen-bond donors (Lipinski definition) is 0. The number of esters is 1. The fourth-order valence-corrected chi connectivity index (χ4v) is 4.15. The van der Waals surface area contributed by atoms with Gasteiger partial charge in [0.2, 0.25) is 0 Å². The lowest BCUT2D eigenvalue weighted by molar-refractivity contribution is -0.142. The van der Waals surface area contributed by atoms with Crippen molar-refractivity contribution in [1.82, 2.24) is 4.57 Å². The molecule has 11 heteroatoms. The van der Waals surface area contributed by atoms with E-state index in [-0.39, 0.29) is 42.6 Å². The summed E-state index contributed by atoms with van der Waals surface area (Å²) < 4.78 is 67.7. The van der Waals surface area contributed by atoms with E-state index in [1.54, 1.807) is 60.9 Å². The van der Waals surface area contributed by atoms with Gasteiger partial charge in [0.15, 0.2) is 5.75 Å². The Hall–Kier alpha value is -4.67. The SMILES string of the molecule is CCOC(=O)Cc1c(OC(=O)OCC)c2cc(Oc3ccc(C(F)(F)F)cc3)ccc2n1-c1ccccc1OC. The van der Waals surface area contributed by atoms with Crippen LogP contribution in [0.2, 0.25) is 0 Å². The summed E-state index contributed by atoms with van der Waals surface area (Å²) in [6.07, 6.45) is -5.72. The molecule has 1 heterocycles. The van der Waals surface area contributed by atoms with Crippen LogP contribution in [-0.2, 0) is 26.9 Å². The van der Waals surface area contributed by atoms with Gasteiger partial charge in [-0.05, 0) is 68.4 Å². The summed E-state index contributed by atoms with van der Waals surface area (Å²) >= 11 is 0. The van der Waals surface area contributed by atoms with E-state index < -0.39 is 23.9 Å². The molecule has 3 aromatic carbocycles. The first kappa shape index (κ1) is 28.3. The third kappa shape index (κ3) is 6.14. The molecule has 8 nitrogen and oxygen atoms in total. The number of halogens is 3. The zero-order valence-corrected chi connectivity index (χ0v) is 21.9. The van der Waals surface area contributed by atoms with Gasteiger partial charge in [-0.15, -0.1) is 0 Å². The third-order valence-corrected chi connectivity index (χ3v) is 5.79. The summed E-state index contributed by atoms with van der Waals surface area (Å²) in [6, 6.07) is 16.2. The highest BCUT2D eigenvalue weighted by molar-refractivity contribution is 5.95. The first-order valence-corrected chi connectivity index (χ1v) is 12.3. The molecule has 0 atom stereocenters. The molecule has 0 radical (unpaired) electrons. The Morgan fingerprint density at radius 2 is 1.55 bits per heavy atom. The average Bonchev–Trinajstić information content (AvgIpc) is 3.20. The molecule has 0 amide bonds. The second-order valence-corrected chi connectivity index (χ2v) is 8.35. The number of carbonyl (C=O) groups is 2. The van der Waals surface area contributed by atoms with E-state index in [0.29, 0.717) is 22.3 Å². The molecule has 210 valence electrons. The van der Waals surface area contributed by atoms with Crippen molar-refractivity contribution in [2.45, 2.75) is 26.4 Å². The van der Waals surface area contributed by atoms with Crippen LogP contribution in [0.5, 0.6) is 23.0 Å². The molecule has 0 saturated heterocycles. The van der Waals surface area contributed by atoms with Crippen molar-refractivity contribution in [1.29, 1.82) is 0 Å². The number of nitrogens with zero attached hydrogens (tertiary/aromatic N) is 1.